The molecular weight excluding hydrogens is 301 g/mol. The van der Waals surface area contributed by atoms with E-state index in [1.807, 2.05) is 0 Å². The molecule has 2 heterocycles. The van der Waals surface area contributed by atoms with E-state index in [-0.39, 0.29) is 28.6 Å². The molecule has 3 rings (SSSR count). The number of pyridine rings is 1. The molecule has 1 aromatic carbocycles. The second-order valence-corrected chi connectivity index (χ2v) is 5.27. The van der Waals surface area contributed by atoms with Gasteiger partial charge in [-0.05, 0) is 13.0 Å². The van der Waals surface area contributed by atoms with E-state index in [2.05, 4.69) is 4.98 Å². The van der Waals surface area contributed by atoms with E-state index in [1.165, 1.54) is 23.6 Å². The molecule has 0 unspecified atom stereocenters. The monoisotopic (exact) mass is 315 g/mol. The molecular formula is C16H14FN3O3. The average Bonchev–Trinajstić information content (AvgIpc) is 2.88. The normalized spacial score (nSPS) is 11.1. The third kappa shape index (κ3) is 2.30. The summed E-state index contributed by atoms with van der Waals surface area (Å²) in [5.74, 6) is -1.36. The van der Waals surface area contributed by atoms with Gasteiger partial charge in [0.15, 0.2) is 0 Å². The largest absolute Gasteiger partial charge is 0.478 e. The number of nitrogens with zero attached hydrogens (tertiary/aromatic N) is 3. The minimum Gasteiger partial charge on any atom is -0.478 e. The molecule has 1 N–H and O–H groups in total. The van der Waals surface area contributed by atoms with E-state index in [9.17, 15) is 19.1 Å². The van der Waals surface area contributed by atoms with Crippen LogP contribution in [0.2, 0.25) is 0 Å². The predicted molar refractivity (Wildman–Crippen MR) is 82.2 cm³/mol. The Kier molecular flexibility index (Phi) is 3.48. The average molecular weight is 315 g/mol. The van der Waals surface area contributed by atoms with Crippen molar-refractivity contribution in [2.24, 2.45) is 7.05 Å². The van der Waals surface area contributed by atoms with Crippen molar-refractivity contribution in [3.05, 3.63) is 63.8 Å². The highest BCUT2D eigenvalue weighted by Crippen LogP contribution is 2.22. The van der Waals surface area contributed by atoms with Gasteiger partial charge in [0.2, 0.25) is 0 Å². The summed E-state index contributed by atoms with van der Waals surface area (Å²) in [5.41, 5.74) is -0.375. The van der Waals surface area contributed by atoms with Crippen LogP contribution in [0.5, 0.6) is 0 Å². The Morgan fingerprint density at radius 2 is 2.13 bits per heavy atom. The summed E-state index contributed by atoms with van der Waals surface area (Å²) < 4.78 is 17.1. The number of fused-ring (bicyclic) bond motifs is 1. The third-order valence-corrected chi connectivity index (χ3v) is 3.94. The van der Waals surface area contributed by atoms with Crippen molar-refractivity contribution in [2.75, 3.05) is 0 Å². The van der Waals surface area contributed by atoms with Crippen LogP contribution in [0.3, 0.4) is 0 Å². The molecule has 0 fully saturated rings. The highest BCUT2D eigenvalue weighted by molar-refractivity contribution is 6.04. The minimum absolute atomic E-state index is 0.0682. The SMILES string of the molecule is Cc1c(C(=O)O)c2cccc(F)c2c(=O)n1Cc1nccn1C. The molecule has 0 radical (unpaired) electrons. The van der Waals surface area contributed by atoms with Gasteiger partial charge in [0.1, 0.15) is 11.6 Å². The van der Waals surface area contributed by atoms with Crippen LogP contribution in [-0.4, -0.2) is 25.2 Å². The van der Waals surface area contributed by atoms with Crippen molar-refractivity contribution in [3.63, 3.8) is 0 Å². The number of benzene rings is 1. The maximum absolute atomic E-state index is 14.1. The number of aryl methyl sites for hydroxylation is 1. The topological polar surface area (TPSA) is 77.1 Å². The first-order valence-corrected chi connectivity index (χ1v) is 6.93. The Balaban J connectivity index is 2.38. The molecule has 0 amide bonds. The number of halogens is 1. The third-order valence-electron chi connectivity index (χ3n) is 3.94. The maximum Gasteiger partial charge on any atom is 0.338 e. The zero-order valence-electron chi connectivity index (χ0n) is 12.6. The number of hydrogen-bond acceptors (Lipinski definition) is 3. The van der Waals surface area contributed by atoms with Crippen molar-refractivity contribution in [1.29, 1.82) is 0 Å². The lowest BCUT2D eigenvalue weighted by atomic mass is 10.0. The van der Waals surface area contributed by atoms with Crippen molar-refractivity contribution in [3.8, 4) is 0 Å². The smallest absolute Gasteiger partial charge is 0.338 e. The number of carbonyl (C=O) groups is 1. The number of rotatable bonds is 3. The summed E-state index contributed by atoms with van der Waals surface area (Å²) in [7, 11) is 1.77. The van der Waals surface area contributed by atoms with Crippen LogP contribution in [0.15, 0.2) is 35.4 Å². The summed E-state index contributed by atoms with van der Waals surface area (Å²) in [6.45, 7) is 1.61. The highest BCUT2D eigenvalue weighted by atomic mass is 19.1. The second kappa shape index (κ2) is 5.35. The molecule has 7 heteroatoms. The number of imidazole rings is 1. The van der Waals surface area contributed by atoms with Crippen LogP contribution in [0, 0.1) is 12.7 Å². The predicted octanol–water partition coefficient (Wildman–Crippen LogP) is 1.93. The zero-order chi connectivity index (χ0) is 16.7. The van der Waals surface area contributed by atoms with E-state index >= 15 is 0 Å². The summed E-state index contributed by atoms with van der Waals surface area (Å²) in [6, 6.07) is 3.99. The Hall–Kier alpha value is -2.96. The lowest BCUT2D eigenvalue weighted by Gasteiger charge is -2.15. The Morgan fingerprint density at radius 1 is 1.39 bits per heavy atom. The molecule has 0 saturated carbocycles. The molecule has 0 atom stereocenters. The first kappa shape index (κ1) is 15.0. The van der Waals surface area contributed by atoms with Gasteiger partial charge in [0.25, 0.3) is 5.56 Å². The van der Waals surface area contributed by atoms with Crippen LogP contribution < -0.4 is 5.56 Å². The van der Waals surface area contributed by atoms with Crippen LogP contribution >= 0.6 is 0 Å². The summed E-state index contributed by atoms with van der Waals surface area (Å²) in [6.07, 6.45) is 3.30. The Labute approximate surface area is 130 Å². The van der Waals surface area contributed by atoms with Gasteiger partial charge in [-0.3, -0.25) is 4.79 Å². The molecule has 3 aromatic rings. The highest BCUT2D eigenvalue weighted by Gasteiger charge is 2.21. The summed E-state index contributed by atoms with van der Waals surface area (Å²) in [5, 5.41) is 9.38. The fourth-order valence-corrected chi connectivity index (χ4v) is 2.72. The van der Waals surface area contributed by atoms with Crippen molar-refractivity contribution >= 4 is 16.7 Å². The number of aromatic carboxylic acids is 1. The van der Waals surface area contributed by atoms with Crippen molar-refractivity contribution < 1.29 is 14.3 Å². The van der Waals surface area contributed by atoms with Crippen LogP contribution in [0.4, 0.5) is 4.39 Å². The van der Waals surface area contributed by atoms with Crippen LogP contribution in [0.25, 0.3) is 10.8 Å². The quantitative estimate of drug-likeness (QED) is 0.801. The van der Waals surface area contributed by atoms with E-state index in [4.69, 9.17) is 0 Å². The van der Waals surface area contributed by atoms with Crippen LogP contribution in [0.1, 0.15) is 21.9 Å². The summed E-state index contributed by atoms with van der Waals surface area (Å²) >= 11 is 0. The maximum atomic E-state index is 14.1. The lowest BCUT2D eigenvalue weighted by Crippen LogP contribution is -2.27. The van der Waals surface area contributed by atoms with Gasteiger partial charge in [-0.1, -0.05) is 12.1 Å². The molecule has 0 aliphatic heterocycles. The first-order valence-electron chi connectivity index (χ1n) is 6.93. The Morgan fingerprint density at radius 3 is 2.74 bits per heavy atom. The van der Waals surface area contributed by atoms with E-state index in [0.717, 1.165) is 6.07 Å². The molecule has 118 valence electrons. The zero-order valence-corrected chi connectivity index (χ0v) is 12.6. The van der Waals surface area contributed by atoms with Gasteiger partial charge in [0, 0.05) is 30.5 Å². The van der Waals surface area contributed by atoms with E-state index in [0.29, 0.717) is 5.82 Å². The number of carboxylic acid groups (broad SMARTS) is 1. The Bertz CT molecular complexity index is 988. The molecule has 6 nitrogen and oxygen atoms in total. The molecule has 0 bridgehead atoms. The lowest BCUT2D eigenvalue weighted by molar-refractivity contribution is 0.0697. The fraction of sp³-hybridized carbons (Fsp3) is 0.188. The van der Waals surface area contributed by atoms with Gasteiger partial charge in [0.05, 0.1) is 17.5 Å². The molecule has 0 aliphatic carbocycles. The molecule has 0 saturated heterocycles. The standard InChI is InChI=1S/C16H14FN3O3/c1-9-13(16(22)23)10-4-3-5-11(17)14(10)15(21)20(9)8-12-18-6-7-19(12)2/h3-7H,8H2,1-2H3,(H,22,23). The van der Waals surface area contributed by atoms with Gasteiger partial charge < -0.3 is 14.2 Å². The van der Waals surface area contributed by atoms with Gasteiger partial charge in [-0.25, -0.2) is 14.2 Å². The molecule has 23 heavy (non-hydrogen) atoms. The molecule has 0 spiro atoms. The minimum atomic E-state index is -1.20. The summed E-state index contributed by atoms with van der Waals surface area (Å²) in [4.78, 5) is 28.4. The molecule has 2 aromatic heterocycles. The van der Waals surface area contributed by atoms with Crippen molar-refractivity contribution in [1.82, 2.24) is 14.1 Å². The van der Waals surface area contributed by atoms with Gasteiger partial charge in [-0.15, -0.1) is 0 Å². The van der Waals surface area contributed by atoms with E-state index in [1.54, 1.807) is 24.0 Å². The number of hydrogen-bond donors (Lipinski definition) is 1. The van der Waals surface area contributed by atoms with Crippen molar-refractivity contribution in [2.45, 2.75) is 13.5 Å². The van der Waals surface area contributed by atoms with E-state index < -0.39 is 17.3 Å². The second-order valence-electron chi connectivity index (χ2n) is 5.27. The van der Waals surface area contributed by atoms with Gasteiger partial charge >= 0.3 is 5.97 Å². The first-order chi connectivity index (χ1) is 10.9. The molecule has 0 aliphatic rings. The number of aromatic nitrogens is 3. The fourth-order valence-electron chi connectivity index (χ4n) is 2.72. The van der Waals surface area contributed by atoms with Gasteiger partial charge in [-0.2, -0.15) is 0 Å². The number of carboxylic acids is 1. The van der Waals surface area contributed by atoms with Crippen LogP contribution in [-0.2, 0) is 13.6 Å².